The van der Waals surface area contributed by atoms with Crippen LogP contribution in [0.25, 0.3) is 0 Å². The largest absolute Gasteiger partial charge is 0.463 e. The number of piperazine rings is 1. The molecule has 2 aromatic carbocycles. The van der Waals surface area contributed by atoms with E-state index in [2.05, 4.69) is 5.32 Å². The lowest BCUT2D eigenvalue weighted by Crippen LogP contribution is -2.56. The fraction of sp³-hybridized carbons (Fsp3) is 0.370. The average molecular weight is 513 g/mol. The lowest BCUT2D eigenvalue weighted by atomic mass is 9.94. The molecule has 0 spiro atoms. The zero-order valence-electron chi connectivity index (χ0n) is 21.0. The molecule has 196 valence electrons. The fourth-order valence-electron chi connectivity index (χ4n) is 4.81. The molecule has 1 N–H and O–H groups in total. The van der Waals surface area contributed by atoms with Gasteiger partial charge in [0.05, 0.1) is 23.8 Å². The van der Waals surface area contributed by atoms with Gasteiger partial charge in [0.2, 0.25) is 0 Å². The molecule has 8 nitrogen and oxygen atoms in total. The van der Waals surface area contributed by atoms with E-state index in [-0.39, 0.29) is 36.2 Å². The summed E-state index contributed by atoms with van der Waals surface area (Å²) in [5.41, 5.74) is 1.12. The first-order valence-corrected chi connectivity index (χ1v) is 12.2. The van der Waals surface area contributed by atoms with Crippen LogP contribution in [0.15, 0.2) is 59.8 Å². The highest BCUT2D eigenvalue weighted by molar-refractivity contribution is 5.95. The van der Waals surface area contributed by atoms with E-state index in [9.17, 15) is 23.2 Å². The van der Waals surface area contributed by atoms with E-state index in [0.29, 0.717) is 30.9 Å². The van der Waals surface area contributed by atoms with Crippen LogP contribution < -0.4 is 5.32 Å². The third kappa shape index (κ3) is 5.48. The molecule has 2 aliphatic heterocycles. The first kappa shape index (κ1) is 26.3. The molecule has 2 aromatic rings. The summed E-state index contributed by atoms with van der Waals surface area (Å²) in [6.45, 7) is 5.17. The van der Waals surface area contributed by atoms with Crippen LogP contribution in [-0.4, -0.2) is 78.5 Å². The highest BCUT2D eigenvalue weighted by Crippen LogP contribution is 2.32. The number of carbonyl (C=O) groups is 3. The van der Waals surface area contributed by atoms with E-state index >= 15 is 0 Å². The third-order valence-electron chi connectivity index (χ3n) is 6.70. The Kier molecular flexibility index (Phi) is 7.87. The monoisotopic (exact) mass is 512 g/mol. The second kappa shape index (κ2) is 11.1. The first-order chi connectivity index (χ1) is 17.7. The van der Waals surface area contributed by atoms with Crippen molar-refractivity contribution in [2.45, 2.75) is 25.9 Å². The maximum atomic E-state index is 14.2. The second-order valence-corrected chi connectivity index (χ2v) is 9.14. The molecule has 2 heterocycles. The number of halogens is 2. The van der Waals surface area contributed by atoms with Crippen LogP contribution in [0.1, 0.15) is 35.8 Å². The van der Waals surface area contributed by atoms with E-state index in [4.69, 9.17) is 4.74 Å². The Hall–Kier alpha value is -3.79. The Labute approximate surface area is 214 Å². The number of hydrogen-bond acceptors (Lipinski definition) is 5. The Balaban J connectivity index is 1.61. The van der Waals surface area contributed by atoms with E-state index in [1.54, 1.807) is 31.0 Å². The van der Waals surface area contributed by atoms with Crippen molar-refractivity contribution in [1.82, 2.24) is 20.0 Å². The van der Waals surface area contributed by atoms with Gasteiger partial charge in [0.15, 0.2) is 0 Å². The van der Waals surface area contributed by atoms with Gasteiger partial charge >= 0.3 is 12.0 Å². The number of amides is 3. The molecule has 3 amide bonds. The Morgan fingerprint density at radius 1 is 1.11 bits per heavy atom. The second-order valence-electron chi connectivity index (χ2n) is 9.14. The third-order valence-corrected chi connectivity index (χ3v) is 6.70. The minimum atomic E-state index is -0.880. The molecule has 2 atom stereocenters. The van der Waals surface area contributed by atoms with Gasteiger partial charge < -0.3 is 15.0 Å². The van der Waals surface area contributed by atoms with E-state index < -0.39 is 29.7 Å². The first-order valence-electron chi connectivity index (χ1n) is 12.2. The Bertz CT molecular complexity index is 1230. The Morgan fingerprint density at radius 3 is 2.54 bits per heavy atom. The van der Waals surface area contributed by atoms with Crippen molar-refractivity contribution in [3.8, 4) is 0 Å². The standard InChI is InChI=1S/C27H30F2N4O4/c1-4-37-26(35)23-22(31(3)27(36)30-24(23)18-8-7-9-19(28)14-18)16-32-12-13-33(17(2)15-32)25(34)20-10-5-6-11-21(20)29/h5-11,14,17,24H,4,12-13,15-16H2,1-3H3,(H,30,36)/t17-,24+/m1/s1. The number of urea groups is 1. The quantitative estimate of drug-likeness (QED) is 0.601. The molecule has 0 aliphatic carbocycles. The molecule has 1 saturated heterocycles. The van der Waals surface area contributed by atoms with Gasteiger partial charge in [-0.15, -0.1) is 0 Å². The number of likely N-dealkylation sites (N-methyl/N-ethyl adjacent to an activating group) is 1. The van der Waals surface area contributed by atoms with Crippen molar-refractivity contribution in [1.29, 1.82) is 0 Å². The van der Waals surface area contributed by atoms with E-state index in [1.165, 1.54) is 41.3 Å². The number of ether oxygens (including phenoxy) is 1. The van der Waals surface area contributed by atoms with Gasteiger partial charge in [0.25, 0.3) is 5.91 Å². The summed E-state index contributed by atoms with van der Waals surface area (Å²) in [6.07, 6.45) is 0. The van der Waals surface area contributed by atoms with Crippen molar-refractivity contribution < 1.29 is 27.9 Å². The van der Waals surface area contributed by atoms with Gasteiger partial charge in [-0.05, 0) is 43.7 Å². The van der Waals surface area contributed by atoms with Crippen molar-refractivity contribution in [3.05, 3.63) is 82.6 Å². The summed E-state index contributed by atoms with van der Waals surface area (Å²) in [7, 11) is 1.56. The maximum Gasteiger partial charge on any atom is 0.338 e. The number of nitrogens with one attached hydrogen (secondary N) is 1. The van der Waals surface area contributed by atoms with E-state index in [0.717, 1.165) is 0 Å². The van der Waals surface area contributed by atoms with Crippen molar-refractivity contribution in [3.63, 3.8) is 0 Å². The van der Waals surface area contributed by atoms with Crippen LogP contribution in [0.3, 0.4) is 0 Å². The topological polar surface area (TPSA) is 82.2 Å². The lowest BCUT2D eigenvalue weighted by Gasteiger charge is -2.42. The number of rotatable bonds is 6. The molecule has 37 heavy (non-hydrogen) atoms. The molecular weight excluding hydrogens is 482 g/mol. The lowest BCUT2D eigenvalue weighted by molar-refractivity contribution is -0.139. The fourth-order valence-corrected chi connectivity index (χ4v) is 4.81. The maximum absolute atomic E-state index is 14.2. The SMILES string of the molecule is CCOC(=O)C1=C(CN2CCN(C(=O)c3ccccc3F)[C@H](C)C2)N(C)C(=O)N[C@H]1c1cccc(F)c1. The Morgan fingerprint density at radius 2 is 1.86 bits per heavy atom. The van der Waals surface area contributed by atoms with Gasteiger partial charge in [-0.25, -0.2) is 18.4 Å². The molecule has 0 radical (unpaired) electrons. The summed E-state index contributed by atoms with van der Waals surface area (Å²) in [6, 6.07) is 10.1. The molecular formula is C27H30F2N4O4. The zero-order chi connectivity index (χ0) is 26.7. The predicted molar refractivity (Wildman–Crippen MR) is 132 cm³/mol. The smallest absolute Gasteiger partial charge is 0.338 e. The van der Waals surface area contributed by atoms with Crippen LogP contribution in [-0.2, 0) is 9.53 Å². The number of carbonyl (C=O) groups excluding carboxylic acids is 3. The average Bonchev–Trinajstić information content (AvgIpc) is 2.86. The number of esters is 1. The van der Waals surface area contributed by atoms with Gasteiger partial charge in [0, 0.05) is 45.0 Å². The van der Waals surface area contributed by atoms with Crippen LogP contribution >= 0.6 is 0 Å². The number of nitrogens with zero attached hydrogens (tertiary/aromatic N) is 3. The molecule has 4 rings (SSSR count). The molecule has 0 bridgehead atoms. The van der Waals surface area contributed by atoms with Crippen molar-refractivity contribution in [2.24, 2.45) is 0 Å². The molecule has 0 aromatic heterocycles. The minimum Gasteiger partial charge on any atom is -0.463 e. The molecule has 0 saturated carbocycles. The molecule has 1 fully saturated rings. The van der Waals surface area contributed by atoms with Crippen LogP contribution in [0.5, 0.6) is 0 Å². The van der Waals surface area contributed by atoms with Crippen molar-refractivity contribution >= 4 is 17.9 Å². The number of hydrogen-bond donors (Lipinski definition) is 1. The summed E-state index contributed by atoms with van der Waals surface area (Å²) in [4.78, 5) is 44.0. The van der Waals surface area contributed by atoms with Gasteiger partial charge in [-0.2, -0.15) is 0 Å². The van der Waals surface area contributed by atoms with Crippen LogP contribution in [0.2, 0.25) is 0 Å². The highest BCUT2D eigenvalue weighted by atomic mass is 19.1. The molecule has 10 heteroatoms. The van der Waals surface area contributed by atoms with E-state index in [1.807, 2.05) is 11.8 Å². The van der Waals surface area contributed by atoms with Crippen molar-refractivity contribution in [2.75, 3.05) is 39.8 Å². The van der Waals surface area contributed by atoms with Gasteiger partial charge in [0.1, 0.15) is 11.6 Å². The normalized spacial score (nSPS) is 20.6. The summed E-state index contributed by atoms with van der Waals surface area (Å²) in [5, 5.41) is 2.78. The molecule has 2 aliphatic rings. The molecule has 0 unspecified atom stereocenters. The summed E-state index contributed by atoms with van der Waals surface area (Å²) < 4.78 is 33.5. The van der Waals surface area contributed by atoms with Gasteiger partial charge in [-0.1, -0.05) is 24.3 Å². The van der Waals surface area contributed by atoms with Crippen LogP contribution in [0.4, 0.5) is 13.6 Å². The van der Waals surface area contributed by atoms with Gasteiger partial charge in [-0.3, -0.25) is 14.6 Å². The summed E-state index contributed by atoms with van der Waals surface area (Å²) in [5.74, 6) is -2.03. The predicted octanol–water partition coefficient (Wildman–Crippen LogP) is 3.32. The number of benzene rings is 2. The zero-order valence-corrected chi connectivity index (χ0v) is 21.0. The summed E-state index contributed by atoms with van der Waals surface area (Å²) >= 11 is 0. The van der Waals surface area contributed by atoms with Crippen LogP contribution in [0, 0.1) is 11.6 Å². The highest BCUT2D eigenvalue weighted by Gasteiger charge is 2.38. The minimum absolute atomic E-state index is 0.0247.